The lowest BCUT2D eigenvalue weighted by Crippen LogP contribution is -2.36. The van der Waals surface area contributed by atoms with Crippen molar-refractivity contribution < 1.29 is 18.7 Å². The van der Waals surface area contributed by atoms with E-state index in [2.05, 4.69) is 10.6 Å². The van der Waals surface area contributed by atoms with Gasteiger partial charge in [-0.3, -0.25) is 9.59 Å². The first-order valence-corrected chi connectivity index (χ1v) is 10.1. The van der Waals surface area contributed by atoms with Gasteiger partial charge in [-0.1, -0.05) is 31.4 Å². The third kappa shape index (κ3) is 6.52. The van der Waals surface area contributed by atoms with Crippen LogP contribution in [-0.4, -0.2) is 24.5 Å². The van der Waals surface area contributed by atoms with Crippen LogP contribution in [0.4, 0.5) is 0 Å². The van der Waals surface area contributed by atoms with Gasteiger partial charge in [-0.2, -0.15) is 5.26 Å². The second-order valence-corrected chi connectivity index (χ2v) is 7.19. The molecule has 3 rings (SSSR count). The fraction of sp³-hybridized carbons (Fsp3) is 0.348. The van der Waals surface area contributed by atoms with Crippen molar-refractivity contribution in [3.05, 3.63) is 59.6 Å². The Bertz CT molecular complexity index is 905. The van der Waals surface area contributed by atoms with Crippen molar-refractivity contribution in [3.63, 3.8) is 0 Å². The lowest BCUT2D eigenvalue weighted by atomic mass is 9.95. The molecule has 1 aromatic carbocycles. The van der Waals surface area contributed by atoms with E-state index in [0.717, 1.165) is 25.7 Å². The summed E-state index contributed by atoms with van der Waals surface area (Å²) >= 11 is 0. The number of hydrogen-bond donors (Lipinski definition) is 2. The Balaban J connectivity index is 1.49. The molecule has 0 atom stereocenters. The van der Waals surface area contributed by atoms with Gasteiger partial charge < -0.3 is 19.8 Å². The molecule has 0 aliphatic heterocycles. The van der Waals surface area contributed by atoms with Crippen LogP contribution in [-0.2, 0) is 16.1 Å². The van der Waals surface area contributed by atoms with Crippen LogP contribution >= 0.6 is 0 Å². The third-order valence-electron chi connectivity index (χ3n) is 4.91. The van der Waals surface area contributed by atoms with Crippen molar-refractivity contribution in [2.75, 3.05) is 6.61 Å². The van der Waals surface area contributed by atoms with E-state index in [0.29, 0.717) is 23.6 Å². The molecule has 1 aliphatic carbocycles. The summed E-state index contributed by atoms with van der Waals surface area (Å²) in [5, 5.41) is 15.0. The van der Waals surface area contributed by atoms with Crippen molar-refractivity contribution in [1.29, 1.82) is 5.26 Å². The lowest BCUT2D eigenvalue weighted by Gasteiger charge is -2.22. The summed E-state index contributed by atoms with van der Waals surface area (Å²) in [6.07, 6.45) is 8.45. The Labute approximate surface area is 175 Å². The van der Waals surface area contributed by atoms with Gasteiger partial charge in [0.15, 0.2) is 6.61 Å². The predicted octanol–water partition coefficient (Wildman–Crippen LogP) is 3.33. The number of amides is 2. The number of carbonyl (C=O) groups is 2. The average Bonchev–Trinajstić information content (AvgIpc) is 3.30. The molecule has 0 bridgehead atoms. The molecule has 2 aromatic rings. The molecule has 1 saturated carbocycles. The number of nitrogens with one attached hydrogen (secondary N) is 2. The molecule has 2 amide bonds. The quantitative estimate of drug-likeness (QED) is 0.516. The van der Waals surface area contributed by atoms with E-state index >= 15 is 0 Å². The molecule has 0 unspecified atom stereocenters. The van der Waals surface area contributed by atoms with Gasteiger partial charge >= 0.3 is 0 Å². The molecular formula is C23H25N3O4. The SMILES string of the molecule is N#C/C(=C\c1ccc(OCC(=O)NCc2ccco2)cc1)C(=O)NC1CCCCC1. The summed E-state index contributed by atoms with van der Waals surface area (Å²) in [4.78, 5) is 24.2. The molecule has 2 N–H and O–H groups in total. The molecule has 1 fully saturated rings. The van der Waals surface area contributed by atoms with E-state index in [4.69, 9.17) is 9.15 Å². The molecule has 0 spiro atoms. The second kappa shape index (κ2) is 10.9. The molecule has 30 heavy (non-hydrogen) atoms. The smallest absolute Gasteiger partial charge is 0.262 e. The molecule has 0 saturated heterocycles. The first-order chi connectivity index (χ1) is 14.6. The monoisotopic (exact) mass is 407 g/mol. The van der Waals surface area contributed by atoms with Crippen LogP contribution in [0.5, 0.6) is 5.75 Å². The number of carbonyl (C=O) groups excluding carboxylic acids is 2. The first kappa shape index (κ1) is 21.2. The summed E-state index contributed by atoms with van der Waals surface area (Å²) in [7, 11) is 0. The highest BCUT2D eigenvalue weighted by molar-refractivity contribution is 6.01. The standard InChI is InChI=1S/C23H25N3O4/c24-14-18(23(28)26-19-5-2-1-3-6-19)13-17-8-10-20(11-9-17)30-16-22(27)25-15-21-7-4-12-29-21/h4,7-13,19H,1-3,5-6,15-16H2,(H,25,27)(H,26,28)/b18-13+. The van der Waals surface area contributed by atoms with Gasteiger partial charge in [-0.15, -0.1) is 0 Å². The Morgan fingerprint density at radius 1 is 1.17 bits per heavy atom. The maximum Gasteiger partial charge on any atom is 0.262 e. The zero-order chi connectivity index (χ0) is 21.2. The summed E-state index contributed by atoms with van der Waals surface area (Å²) in [6, 6.07) is 12.5. The molecule has 156 valence electrons. The third-order valence-corrected chi connectivity index (χ3v) is 4.91. The fourth-order valence-corrected chi connectivity index (χ4v) is 3.28. The Kier molecular flexibility index (Phi) is 7.67. The molecule has 1 heterocycles. The Morgan fingerprint density at radius 3 is 2.60 bits per heavy atom. The molecular weight excluding hydrogens is 382 g/mol. The van der Waals surface area contributed by atoms with Gasteiger partial charge in [0, 0.05) is 6.04 Å². The maximum atomic E-state index is 12.4. The lowest BCUT2D eigenvalue weighted by molar-refractivity contribution is -0.123. The van der Waals surface area contributed by atoms with Crippen LogP contribution in [0.1, 0.15) is 43.4 Å². The fourth-order valence-electron chi connectivity index (χ4n) is 3.28. The Morgan fingerprint density at radius 2 is 1.93 bits per heavy atom. The number of hydrogen-bond acceptors (Lipinski definition) is 5. The van der Waals surface area contributed by atoms with Crippen LogP contribution in [0.3, 0.4) is 0 Å². The maximum absolute atomic E-state index is 12.4. The zero-order valence-corrected chi connectivity index (χ0v) is 16.7. The minimum absolute atomic E-state index is 0.0755. The summed E-state index contributed by atoms with van der Waals surface area (Å²) in [5.74, 6) is 0.588. The molecule has 7 heteroatoms. The number of benzene rings is 1. The van der Waals surface area contributed by atoms with E-state index < -0.39 is 0 Å². The van der Waals surface area contributed by atoms with Gasteiger partial charge in [-0.25, -0.2) is 0 Å². The zero-order valence-electron chi connectivity index (χ0n) is 16.7. The number of furan rings is 1. The van der Waals surface area contributed by atoms with E-state index in [-0.39, 0.29) is 30.0 Å². The predicted molar refractivity (Wildman–Crippen MR) is 111 cm³/mol. The van der Waals surface area contributed by atoms with Gasteiger partial charge in [0.2, 0.25) is 0 Å². The second-order valence-electron chi connectivity index (χ2n) is 7.19. The normalized spacial score (nSPS) is 14.6. The van der Waals surface area contributed by atoms with Crippen LogP contribution in [0, 0.1) is 11.3 Å². The van der Waals surface area contributed by atoms with Crippen LogP contribution in [0.15, 0.2) is 52.7 Å². The minimum Gasteiger partial charge on any atom is -0.484 e. The van der Waals surface area contributed by atoms with Gasteiger partial charge in [0.1, 0.15) is 23.2 Å². The van der Waals surface area contributed by atoms with Gasteiger partial charge in [0.25, 0.3) is 11.8 Å². The van der Waals surface area contributed by atoms with Crippen molar-refractivity contribution in [2.45, 2.75) is 44.7 Å². The van der Waals surface area contributed by atoms with Crippen LogP contribution in [0.25, 0.3) is 6.08 Å². The van der Waals surface area contributed by atoms with E-state index in [9.17, 15) is 14.9 Å². The largest absolute Gasteiger partial charge is 0.484 e. The van der Waals surface area contributed by atoms with Crippen molar-refractivity contribution in [3.8, 4) is 11.8 Å². The highest BCUT2D eigenvalue weighted by Gasteiger charge is 2.18. The first-order valence-electron chi connectivity index (χ1n) is 10.1. The Hall–Kier alpha value is -3.53. The molecule has 1 aromatic heterocycles. The van der Waals surface area contributed by atoms with E-state index in [1.54, 1.807) is 48.7 Å². The highest BCUT2D eigenvalue weighted by atomic mass is 16.5. The van der Waals surface area contributed by atoms with Gasteiger partial charge in [-0.05, 0) is 48.7 Å². The van der Waals surface area contributed by atoms with E-state index in [1.807, 2.05) is 6.07 Å². The molecule has 0 radical (unpaired) electrons. The highest BCUT2D eigenvalue weighted by Crippen LogP contribution is 2.18. The summed E-state index contributed by atoms with van der Waals surface area (Å²) < 4.78 is 10.6. The van der Waals surface area contributed by atoms with E-state index in [1.165, 1.54) is 6.42 Å². The molecule has 1 aliphatic rings. The number of nitriles is 1. The number of nitrogens with zero attached hydrogens (tertiary/aromatic N) is 1. The van der Waals surface area contributed by atoms with Crippen molar-refractivity contribution in [1.82, 2.24) is 10.6 Å². The number of rotatable bonds is 8. The minimum atomic E-state index is -0.335. The summed E-state index contributed by atoms with van der Waals surface area (Å²) in [5.41, 5.74) is 0.784. The average molecular weight is 407 g/mol. The van der Waals surface area contributed by atoms with Crippen molar-refractivity contribution in [2.24, 2.45) is 0 Å². The van der Waals surface area contributed by atoms with Crippen LogP contribution < -0.4 is 15.4 Å². The van der Waals surface area contributed by atoms with Gasteiger partial charge in [0.05, 0.1) is 12.8 Å². The summed E-state index contributed by atoms with van der Waals surface area (Å²) in [6.45, 7) is 0.182. The topological polar surface area (TPSA) is 104 Å². The van der Waals surface area contributed by atoms with Crippen LogP contribution in [0.2, 0.25) is 0 Å². The number of ether oxygens (including phenoxy) is 1. The molecule has 7 nitrogen and oxygen atoms in total. The van der Waals surface area contributed by atoms with Crippen molar-refractivity contribution >= 4 is 17.9 Å².